The summed E-state index contributed by atoms with van der Waals surface area (Å²) in [5.74, 6) is -0.419. The number of fused-ring (bicyclic) bond motifs is 1. The Labute approximate surface area is 172 Å². The number of benzene rings is 2. The van der Waals surface area contributed by atoms with Crippen LogP contribution < -0.4 is 5.32 Å². The van der Waals surface area contributed by atoms with Gasteiger partial charge in [-0.15, -0.1) is 0 Å². The molecule has 2 heterocycles. The molecule has 0 saturated heterocycles. The van der Waals surface area contributed by atoms with Gasteiger partial charge in [-0.2, -0.15) is 0 Å². The molecule has 2 aromatic heterocycles. The molecule has 0 bridgehead atoms. The lowest BCUT2D eigenvalue weighted by Gasteiger charge is -2.12. The number of aromatic nitrogens is 2. The fourth-order valence-corrected chi connectivity index (χ4v) is 3.34. The summed E-state index contributed by atoms with van der Waals surface area (Å²) in [6.07, 6.45) is 4.16. The van der Waals surface area contributed by atoms with Crippen LogP contribution in [0.2, 0.25) is 0 Å². The SMILES string of the molecule is CN(C)C(=O)c1cccc(-c2cnc3c(NC=O)cc(-c4ccc(F)cc4)cn23)c1. The summed E-state index contributed by atoms with van der Waals surface area (Å²) in [6.45, 7) is 0. The minimum Gasteiger partial charge on any atom is -0.345 e. The van der Waals surface area contributed by atoms with E-state index < -0.39 is 0 Å². The summed E-state index contributed by atoms with van der Waals surface area (Å²) in [5, 5.41) is 2.68. The number of halogens is 1. The molecule has 30 heavy (non-hydrogen) atoms. The van der Waals surface area contributed by atoms with Crippen LogP contribution in [-0.2, 0) is 4.79 Å². The smallest absolute Gasteiger partial charge is 0.253 e. The molecule has 0 spiro atoms. The van der Waals surface area contributed by atoms with Gasteiger partial charge in [0.05, 0.1) is 17.6 Å². The topological polar surface area (TPSA) is 66.7 Å². The zero-order valence-corrected chi connectivity index (χ0v) is 16.5. The quantitative estimate of drug-likeness (QED) is 0.512. The van der Waals surface area contributed by atoms with Gasteiger partial charge in [-0.25, -0.2) is 9.37 Å². The van der Waals surface area contributed by atoms with Gasteiger partial charge in [-0.3, -0.25) is 14.0 Å². The van der Waals surface area contributed by atoms with Gasteiger partial charge in [0, 0.05) is 37.0 Å². The zero-order chi connectivity index (χ0) is 21.3. The maximum atomic E-state index is 13.3. The van der Waals surface area contributed by atoms with Crippen LogP contribution in [0, 0.1) is 5.82 Å². The van der Waals surface area contributed by atoms with Gasteiger partial charge < -0.3 is 10.2 Å². The number of amides is 2. The maximum Gasteiger partial charge on any atom is 0.253 e. The molecule has 2 amide bonds. The van der Waals surface area contributed by atoms with E-state index in [1.807, 2.05) is 28.8 Å². The van der Waals surface area contributed by atoms with Crippen molar-refractivity contribution in [3.05, 3.63) is 78.4 Å². The van der Waals surface area contributed by atoms with Crippen LogP contribution in [0.1, 0.15) is 10.4 Å². The lowest BCUT2D eigenvalue weighted by molar-refractivity contribution is -0.105. The van der Waals surface area contributed by atoms with E-state index >= 15 is 0 Å². The van der Waals surface area contributed by atoms with Crippen LogP contribution in [0.5, 0.6) is 0 Å². The Balaban J connectivity index is 1.90. The molecule has 150 valence electrons. The average molecular weight is 402 g/mol. The summed E-state index contributed by atoms with van der Waals surface area (Å²) in [4.78, 5) is 29.5. The number of rotatable bonds is 5. The fraction of sp³-hybridized carbons (Fsp3) is 0.0870. The first-order valence-electron chi connectivity index (χ1n) is 9.27. The second kappa shape index (κ2) is 7.79. The van der Waals surface area contributed by atoms with E-state index in [4.69, 9.17) is 0 Å². The second-order valence-corrected chi connectivity index (χ2v) is 7.03. The number of pyridine rings is 1. The molecule has 4 aromatic rings. The molecule has 1 N–H and O–H groups in total. The molecule has 0 saturated carbocycles. The average Bonchev–Trinajstić information content (AvgIpc) is 3.18. The van der Waals surface area contributed by atoms with Crippen molar-refractivity contribution in [3.63, 3.8) is 0 Å². The van der Waals surface area contributed by atoms with Crippen molar-refractivity contribution in [2.75, 3.05) is 19.4 Å². The highest BCUT2D eigenvalue weighted by Crippen LogP contribution is 2.30. The Bertz CT molecular complexity index is 1250. The summed E-state index contributed by atoms with van der Waals surface area (Å²) in [7, 11) is 3.41. The van der Waals surface area contributed by atoms with Crippen LogP contribution in [0.4, 0.5) is 10.1 Å². The third-order valence-corrected chi connectivity index (χ3v) is 4.81. The molecule has 0 aliphatic rings. The summed E-state index contributed by atoms with van der Waals surface area (Å²) >= 11 is 0. The molecule has 0 unspecified atom stereocenters. The Morgan fingerprint density at radius 1 is 1.07 bits per heavy atom. The first-order valence-corrected chi connectivity index (χ1v) is 9.27. The summed E-state index contributed by atoms with van der Waals surface area (Å²) in [5.41, 5.74) is 4.80. The van der Waals surface area contributed by atoms with Crippen LogP contribution in [0.25, 0.3) is 28.0 Å². The van der Waals surface area contributed by atoms with Crippen molar-refractivity contribution in [1.29, 1.82) is 0 Å². The van der Waals surface area contributed by atoms with Crippen molar-refractivity contribution in [2.24, 2.45) is 0 Å². The van der Waals surface area contributed by atoms with E-state index in [1.54, 1.807) is 44.6 Å². The Morgan fingerprint density at radius 2 is 1.83 bits per heavy atom. The van der Waals surface area contributed by atoms with E-state index in [2.05, 4.69) is 10.3 Å². The minimum absolute atomic E-state index is 0.0963. The molecule has 4 rings (SSSR count). The fourth-order valence-electron chi connectivity index (χ4n) is 3.34. The Hall–Kier alpha value is -4.00. The first-order chi connectivity index (χ1) is 14.5. The minimum atomic E-state index is -0.322. The number of anilines is 1. The van der Waals surface area contributed by atoms with Gasteiger partial charge in [0.1, 0.15) is 5.82 Å². The van der Waals surface area contributed by atoms with Crippen LogP contribution in [0.3, 0.4) is 0 Å². The maximum absolute atomic E-state index is 13.3. The lowest BCUT2D eigenvalue weighted by atomic mass is 10.1. The highest BCUT2D eigenvalue weighted by atomic mass is 19.1. The number of hydrogen-bond donors (Lipinski definition) is 1. The number of imidazole rings is 1. The van der Waals surface area contributed by atoms with Crippen LogP contribution >= 0.6 is 0 Å². The van der Waals surface area contributed by atoms with Crippen molar-refractivity contribution in [3.8, 4) is 22.4 Å². The standard InChI is InChI=1S/C23H19FN4O2/c1-27(2)23(30)17-5-3-4-16(10-17)21-12-25-22-20(26-14-29)11-18(13-28(21)22)15-6-8-19(24)9-7-15/h3-14H,1-2H3,(H,26,29). The van der Waals surface area contributed by atoms with Gasteiger partial charge in [0.25, 0.3) is 5.91 Å². The second-order valence-electron chi connectivity index (χ2n) is 7.03. The predicted octanol–water partition coefficient (Wildman–Crippen LogP) is 4.08. The van der Waals surface area contributed by atoms with Crippen molar-refractivity contribution in [2.45, 2.75) is 0 Å². The molecule has 0 atom stereocenters. The van der Waals surface area contributed by atoms with E-state index in [0.29, 0.717) is 23.3 Å². The van der Waals surface area contributed by atoms with E-state index in [1.165, 1.54) is 17.0 Å². The molecular weight excluding hydrogens is 383 g/mol. The molecule has 0 aliphatic carbocycles. The molecule has 0 fully saturated rings. The molecule has 7 heteroatoms. The summed E-state index contributed by atoms with van der Waals surface area (Å²) < 4.78 is 15.2. The lowest BCUT2D eigenvalue weighted by Crippen LogP contribution is -2.21. The largest absolute Gasteiger partial charge is 0.345 e. The van der Waals surface area contributed by atoms with Crippen molar-refractivity contribution < 1.29 is 14.0 Å². The number of nitrogens with one attached hydrogen (secondary N) is 1. The van der Waals surface area contributed by atoms with Gasteiger partial charge in [-0.05, 0) is 35.9 Å². The molecule has 0 aliphatic heterocycles. The van der Waals surface area contributed by atoms with E-state index in [9.17, 15) is 14.0 Å². The van der Waals surface area contributed by atoms with Gasteiger partial charge in [-0.1, -0.05) is 24.3 Å². The third-order valence-electron chi connectivity index (χ3n) is 4.81. The normalized spacial score (nSPS) is 10.8. The highest BCUT2D eigenvalue weighted by molar-refractivity contribution is 5.95. The van der Waals surface area contributed by atoms with Crippen molar-refractivity contribution in [1.82, 2.24) is 14.3 Å². The van der Waals surface area contributed by atoms with E-state index in [-0.39, 0.29) is 11.7 Å². The Morgan fingerprint density at radius 3 is 2.53 bits per heavy atom. The Kier molecular flexibility index (Phi) is 5.02. The molecular formula is C23H19FN4O2. The molecule has 6 nitrogen and oxygen atoms in total. The van der Waals surface area contributed by atoms with Crippen molar-refractivity contribution >= 4 is 23.7 Å². The summed E-state index contributed by atoms with van der Waals surface area (Å²) in [6, 6.07) is 15.2. The monoisotopic (exact) mass is 402 g/mol. The van der Waals surface area contributed by atoms with Gasteiger partial charge >= 0.3 is 0 Å². The van der Waals surface area contributed by atoms with Gasteiger partial charge in [0.15, 0.2) is 5.65 Å². The van der Waals surface area contributed by atoms with E-state index in [0.717, 1.165) is 22.4 Å². The predicted molar refractivity (Wildman–Crippen MR) is 114 cm³/mol. The molecule has 0 radical (unpaired) electrons. The number of carbonyl (C=O) groups excluding carboxylic acids is 2. The zero-order valence-electron chi connectivity index (χ0n) is 16.5. The van der Waals surface area contributed by atoms with Crippen LogP contribution in [0.15, 0.2) is 67.0 Å². The van der Waals surface area contributed by atoms with Crippen LogP contribution in [-0.4, -0.2) is 40.7 Å². The first kappa shape index (κ1) is 19.3. The van der Waals surface area contributed by atoms with Gasteiger partial charge in [0.2, 0.25) is 6.41 Å². The molecule has 2 aromatic carbocycles. The highest BCUT2D eigenvalue weighted by Gasteiger charge is 2.14. The number of hydrogen-bond acceptors (Lipinski definition) is 3. The number of carbonyl (C=O) groups is 2. The third kappa shape index (κ3) is 3.53. The number of nitrogens with zero attached hydrogens (tertiary/aromatic N) is 3.